The Balaban J connectivity index is 0. The topological polar surface area (TPSA) is 45.7 Å². The minimum absolute atomic E-state index is 0. The molecule has 0 atom stereocenters. The summed E-state index contributed by atoms with van der Waals surface area (Å²) in [6.07, 6.45) is 1.12. The lowest BCUT2D eigenvalue weighted by molar-refractivity contribution is 0.130. The van der Waals surface area contributed by atoms with E-state index in [0.29, 0.717) is 19.1 Å². The molecule has 5 heteroatoms. The largest absolute Gasteiger partial charge is 0.380 e. The van der Waals surface area contributed by atoms with Gasteiger partial charge in [-0.05, 0) is 40.0 Å². The van der Waals surface area contributed by atoms with Crippen LogP contribution < -0.4 is 10.6 Å². The Hall–Kier alpha value is -0.0400. The summed E-state index contributed by atoms with van der Waals surface area (Å²) in [4.78, 5) is 4.48. The predicted molar refractivity (Wildman–Crippen MR) is 94.6 cm³/mol. The van der Waals surface area contributed by atoms with Crippen molar-refractivity contribution in [1.82, 2.24) is 10.6 Å². The van der Waals surface area contributed by atoms with Crippen molar-refractivity contribution < 1.29 is 4.74 Å². The van der Waals surface area contributed by atoms with E-state index < -0.39 is 0 Å². The van der Waals surface area contributed by atoms with E-state index in [1.165, 1.54) is 0 Å². The number of nitrogens with zero attached hydrogens (tertiary/aromatic N) is 1. The fourth-order valence-electron chi connectivity index (χ4n) is 1.31. The number of ether oxygens (including phenoxy) is 1. The number of aliphatic imine (C=N–C) groups is 1. The first kappa shape index (κ1) is 21.3. The van der Waals surface area contributed by atoms with E-state index in [9.17, 15) is 0 Å². The quantitative estimate of drug-likeness (QED) is 0.307. The highest BCUT2D eigenvalue weighted by Gasteiger charge is 2.11. The van der Waals surface area contributed by atoms with Gasteiger partial charge in [0.15, 0.2) is 5.96 Å². The Kier molecular flexibility index (Phi) is 13.2. The summed E-state index contributed by atoms with van der Waals surface area (Å²) in [7, 11) is 0. The van der Waals surface area contributed by atoms with Gasteiger partial charge in [0.25, 0.3) is 0 Å². The molecule has 0 rings (SSSR count). The maximum absolute atomic E-state index is 5.54. The van der Waals surface area contributed by atoms with E-state index in [2.05, 4.69) is 57.2 Å². The van der Waals surface area contributed by atoms with E-state index in [-0.39, 0.29) is 29.5 Å². The van der Waals surface area contributed by atoms with Crippen LogP contribution in [0.5, 0.6) is 0 Å². The van der Waals surface area contributed by atoms with Crippen LogP contribution in [0.15, 0.2) is 4.99 Å². The summed E-state index contributed by atoms with van der Waals surface area (Å²) in [6.45, 7) is 15.9. The van der Waals surface area contributed by atoms with Gasteiger partial charge in [0.2, 0.25) is 0 Å². The van der Waals surface area contributed by atoms with Gasteiger partial charge in [-0.2, -0.15) is 0 Å². The van der Waals surface area contributed by atoms with Crippen molar-refractivity contribution in [3.63, 3.8) is 0 Å². The molecule has 2 N–H and O–H groups in total. The SMILES string of the molecule is CCNC(=NCCOCCC(C)C)NC(C)(C)C.I. The van der Waals surface area contributed by atoms with Gasteiger partial charge in [0.1, 0.15) is 0 Å². The molecule has 0 fully saturated rings. The molecular weight excluding hydrogens is 353 g/mol. The predicted octanol–water partition coefficient (Wildman–Crippen LogP) is 3.02. The van der Waals surface area contributed by atoms with Crippen LogP contribution >= 0.6 is 24.0 Å². The van der Waals surface area contributed by atoms with Gasteiger partial charge in [-0.3, -0.25) is 4.99 Å². The van der Waals surface area contributed by atoms with Crippen molar-refractivity contribution >= 4 is 29.9 Å². The summed E-state index contributed by atoms with van der Waals surface area (Å²) >= 11 is 0. The third-order valence-electron chi connectivity index (χ3n) is 2.18. The lowest BCUT2D eigenvalue weighted by Gasteiger charge is -2.23. The molecule has 0 aromatic rings. The van der Waals surface area contributed by atoms with Gasteiger partial charge in [-0.15, -0.1) is 24.0 Å². The van der Waals surface area contributed by atoms with Gasteiger partial charge < -0.3 is 15.4 Å². The molecule has 0 aromatic carbocycles. The molecule has 0 aliphatic carbocycles. The van der Waals surface area contributed by atoms with Crippen LogP contribution in [-0.2, 0) is 4.74 Å². The zero-order chi connectivity index (χ0) is 14.0. The van der Waals surface area contributed by atoms with E-state index >= 15 is 0 Å². The Morgan fingerprint density at radius 2 is 1.84 bits per heavy atom. The molecule has 0 saturated carbocycles. The zero-order valence-corrected chi connectivity index (χ0v) is 15.7. The third-order valence-corrected chi connectivity index (χ3v) is 2.18. The second kappa shape index (κ2) is 11.8. The van der Waals surface area contributed by atoms with Gasteiger partial charge in [0.05, 0.1) is 13.2 Å². The first-order valence-electron chi connectivity index (χ1n) is 6.99. The van der Waals surface area contributed by atoms with Crippen molar-refractivity contribution in [2.45, 2.75) is 53.5 Å². The van der Waals surface area contributed by atoms with E-state index in [4.69, 9.17) is 4.74 Å². The molecule has 0 aliphatic heterocycles. The van der Waals surface area contributed by atoms with Gasteiger partial charge in [0, 0.05) is 18.7 Å². The van der Waals surface area contributed by atoms with Crippen molar-refractivity contribution in [2.24, 2.45) is 10.9 Å². The lowest BCUT2D eigenvalue weighted by Crippen LogP contribution is -2.47. The highest BCUT2D eigenvalue weighted by atomic mass is 127. The zero-order valence-electron chi connectivity index (χ0n) is 13.4. The van der Waals surface area contributed by atoms with Crippen LogP contribution in [-0.4, -0.2) is 37.8 Å². The van der Waals surface area contributed by atoms with E-state index in [0.717, 1.165) is 25.5 Å². The molecule has 0 saturated heterocycles. The van der Waals surface area contributed by atoms with Crippen LogP contribution in [0.25, 0.3) is 0 Å². The molecule has 0 radical (unpaired) electrons. The maximum Gasteiger partial charge on any atom is 0.191 e. The molecule has 0 unspecified atom stereocenters. The van der Waals surface area contributed by atoms with Gasteiger partial charge >= 0.3 is 0 Å². The van der Waals surface area contributed by atoms with Crippen LogP contribution in [0.4, 0.5) is 0 Å². The third kappa shape index (κ3) is 15.9. The molecule has 0 heterocycles. The number of nitrogens with one attached hydrogen (secondary N) is 2. The average molecular weight is 385 g/mol. The number of rotatable bonds is 7. The molecule has 116 valence electrons. The molecule has 0 spiro atoms. The van der Waals surface area contributed by atoms with Gasteiger partial charge in [-0.1, -0.05) is 13.8 Å². The molecular formula is C14H32IN3O. The number of hydrogen-bond donors (Lipinski definition) is 2. The molecule has 0 aromatic heterocycles. The van der Waals surface area contributed by atoms with Crippen LogP contribution in [0.1, 0.15) is 48.0 Å². The smallest absolute Gasteiger partial charge is 0.191 e. The Morgan fingerprint density at radius 3 is 2.32 bits per heavy atom. The van der Waals surface area contributed by atoms with Crippen molar-refractivity contribution in [3.8, 4) is 0 Å². The first-order valence-corrected chi connectivity index (χ1v) is 6.99. The van der Waals surface area contributed by atoms with Crippen molar-refractivity contribution in [2.75, 3.05) is 26.3 Å². The number of halogens is 1. The summed E-state index contributed by atoms with van der Waals surface area (Å²) in [5.41, 5.74) is 0.0273. The van der Waals surface area contributed by atoms with E-state index in [1.807, 2.05) is 0 Å². The first-order chi connectivity index (χ1) is 8.35. The standard InChI is InChI=1S/C14H31N3O.HI/c1-7-15-13(17-14(4,5)6)16-9-11-18-10-8-12(2)3;/h12H,7-11H2,1-6H3,(H2,15,16,17);1H. The Labute approximate surface area is 136 Å². The minimum Gasteiger partial charge on any atom is -0.380 e. The summed E-state index contributed by atoms with van der Waals surface area (Å²) < 4.78 is 5.54. The fraction of sp³-hybridized carbons (Fsp3) is 0.929. The van der Waals surface area contributed by atoms with E-state index in [1.54, 1.807) is 0 Å². The molecule has 19 heavy (non-hydrogen) atoms. The minimum atomic E-state index is 0. The van der Waals surface area contributed by atoms with Crippen molar-refractivity contribution in [1.29, 1.82) is 0 Å². The summed E-state index contributed by atoms with van der Waals surface area (Å²) in [6, 6.07) is 0. The Morgan fingerprint density at radius 1 is 1.21 bits per heavy atom. The summed E-state index contributed by atoms with van der Waals surface area (Å²) in [5, 5.41) is 6.58. The van der Waals surface area contributed by atoms with Crippen LogP contribution in [0, 0.1) is 5.92 Å². The fourth-order valence-corrected chi connectivity index (χ4v) is 1.31. The molecule has 0 bridgehead atoms. The monoisotopic (exact) mass is 385 g/mol. The number of hydrogen-bond acceptors (Lipinski definition) is 2. The second-order valence-electron chi connectivity index (χ2n) is 5.93. The molecule has 0 amide bonds. The lowest BCUT2D eigenvalue weighted by atomic mass is 10.1. The number of guanidine groups is 1. The maximum atomic E-state index is 5.54. The highest BCUT2D eigenvalue weighted by molar-refractivity contribution is 14.0. The van der Waals surface area contributed by atoms with Crippen LogP contribution in [0.2, 0.25) is 0 Å². The highest BCUT2D eigenvalue weighted by Crippen LogP contribution is 1.99. The normalized spacial score (nSPS) is 12.3. The second-order valence-corrected chi connectivity index (χ2v) is 5.93. The Bertz CT molecular complexity index is 237. The van der Waals surface area contributed by atoms with Crippen molar-refractivity contribution in [3.05, 3.63) is 0 Å². The molecule has 0 aliphatic rings. The summed E-state index contributed by atoms with van der Waals surface area (Å²) in [5.74, 6) is 1.56. The van der Waals surface area contributed by atoms with Gasteiger partial charge in [-0.25, -0.2) is 0 Å². The molecule has 4 nitrogen and oxygen atoms in total. The average Bonchev–Trinajstić information content (AvgIpc) is 2.20. The van der Waals surface area contributed by atoms with Crippen LogP contribution in [0.3, 0.4) is 0 Å².